The molecule has 0 aliphatic rings. The van der Waals surface area contributed by atoms with E-state index >= 15 is 0 Å². The Balaban J connectivity index is 2.16. The molecule has 4 aromatic rings. The topological polar surface area (TPSA) is 30.2 Å². The highest BCUT2D eigenvalue weighted by Crippen LogP contribution is 2.43. The van der Waals surface area contributed by atoms with Gasteiger partial charge in [-0.25, -0.2) is 4.98 Å². The average Bonchev–Trinajstić information content (AvgIpc) is 3.03. The normalized spacial score (nSPS) is 11.2. The Morgan fingerprint density at radius 2 is 1.56 bits per heavy atom. The first-order valence-corrected chi connectivity index (χ1v) is 8.73. The highest BCUT2D eigenvalue weighted by atomic mass is 35.5. The first-order chi connectivity index (χ1) is 12.1. The van der Waals surface area contributed by atoms with Crippen molar-refractivity contribution >= 4 is 40.6 Å². The Kier molecular flexibility index (Phi) is 4.16. The van der Waals surface area contributed by atoms with Crippen LogP contribution < -0.4 is 0 Å². The van der Waals surface area contributed by atoms with Crippen molar-refractivity contribution in [1.82, 2.24) is 14.4 Å². The molecule has 4 rings (SSSR count). The summed E-state index contributed by atoms with van der Waals surface area (Å²) in [6.07, 6.45) is 3.54. The van der Waals surface area contributed by atoms with Gasteiger partial charge in [-0.05, 0) is 24.6 Å². The third kappa shape index (κ3) is 2.78. The summed E-state index contributed by atoms with van der Waals surface area (Å²) in [5, 5.41) is 1.34. The standard InChI is InChI=1S/C19H12Cl3N3/c1-11-5-7-12(8-6-11)17-16(15-13(20)3-2-4-14(15)21)18(22)24-19-23-9-10-25(17)19/h2-10H,1H3. The van der Waals surface area contributed by atoms with E-state index < -0.39 is 0 Å². The van der Waals surface area contributed by atoms with Crippen LogP contribution in [0, 0.1) is 6.92 Å². The van der Waals surface area contributed by atoms with E-state index in [-0.39, 0.29) is 0 Å². The molecule has 0 saturated heterocycles. The minimum atomic E-state index is 0.310. The molecule has 0 aliphatic heterocycles. The lowest BCUT2D eigenvalue weighted by Crippen LogP contribution is -2.00. The number of aromatic nitrogens is 3. The lowest BCUT2D eigenvalue weighted by atomic mass is 9.99. The largest absolute Gasteiger partial charge is 0.283 e. The van der Waals surface area contributed by atoms with Gasteiger partial charge in [0, 0.05) is 23.5 Å². The van der Waals surface area contributed by atoms with E-state index in [1.54, 1.807) is 24.4 Å². The minimum Gasteiger partial charge on any atom is -0.283 e. The van der Waals surface area contributed by atoms with Crippen molar-refractivity contribution in [2.24, 2.45) is 0 Å². The number of rotatable bonds is 2. The van der Waals surface area contributed by atoms with Gasteiger partial charge in [-0.2, -0.15) is 4.98 Å². The number of benzene rings is 2. The zero-order valence-electron chi connectivity index (χ0n) is 13.2. The Morgan fingerprint density at radius 1 is 0.880 bits per heavy atom. The van der Waals surface area contributed by atoms with Crippen molar-refractivity contribution in [3.05, 3.63) is 75.6 Å². The molecule has 0 fully saturated rings. The highest BCUT2D eigenvalue weighted by molar-refractivity contribution is 6.41. The summed E-state index contributed by atoms with van der Waals surface area (Å²) in [5.74, 6) is 0.521. The molecule has 0 atom stereocenters. The van der Waals surface area contributed by atoms with E-state index in [1.807, 2.05) is 41.8 Å². The van der Waals surface area contributed by atoms with Gasteiger partial charge in [0.1, 0.15) is 5.15 Å². The average molecular weight is 389 g/mol. The van der Waals surface area contributed by atoms with Crippen molar-refractivity contribution in [1.29, 1.82) is 0 Å². The molecular formula is C19H12Cl3N3. The Hall–Kier alpha value is -2.07. The van der Waals surface area contributed by atoms with Crippen LogP contribution in [0.1, 0.15) is 5.56 Å². The fourth-order valence-electron chi connectivity index (χ4n) is 2.87. The van der Waals surface area contributed by atoms with Gasteiger partial charge < -0.3 is 0 Å². The number of aryl methyl sites for hydroxylation is 1. The molecule has 25 heavy (non-hydrogen) atoms. The highest BCUT2D eigenvalue weighted by Gasteiger charge is 2.21. The summed E-state index contributed by atoms with van der Waals surface area (Å²) >= 11 is 19.4. The molecule has 0 N–H and O–H groups in total. The molecule has 124 valence electrons. The summed E-state index contributed by atoms with van der Waals surface area (Å²) in [6.45, 7) is 2.04. The van der Waals surface area contributed by atoms with Crippen LogP contribution in [0.4, 0.5) is 0 Å². The molecule has 0 bridgehead atoms. The smallest absolute Gasteiger partial charge is 0.235 e. The number of halogens is 3. The predicted molar refractivity (Wildman–Crippen MR) is 104 cm³/mol. The summed E-state index contributed by atoms with van der Waals surface area (Å²) < 4.78 is 1.89. The lowest BCUT2D eigenvalue weighted by Gasteiger charge is -2.16. The van der Waals surface area contributed by atoms with Crippen LogP contribution in [0.25, 0.3) is 28.2 Å². The van der Waals surface area contributed by atoms with Gasteiger partial charge in [0.25, 0.3) is 0 Å². The Bertz CT molecular complexity index is 1060. The van der Waals surface area contributed by atoms with E-state index in [2.05, 4.69) is 9.97 Å². The summed E-state index contributed by atoms with van der Waals surface area (Å²) in [6, 6.07) is 13.5. The zero-order valence-corrected chi connectivity index (χ0v) is 15.4. The molecule has 0 spiro atoms. The fourth-order valence-corrected chi connectivity index (χ4v) is 3.71. The molecule has 2 aromatic carbocycles. The van der Waals surface area contributed by atoms with Gasteiger partial charge in [0.2, 0.25) is 5.78 Å². The third-order valence-corrected chi connectivity index (χ3v) is 4.94. The predicted octanol–water partition coefficient (Wildman–Crippen LogP) is 6.33. The fraction of sp³-hybridized carbons (Fsp3) is 0.0526. The van der Waals surface area contributed by atoms with Gasteiger partial charge in [0.05, 0.1) is 15.7 Å². The SMILES string of the molecule is Cc1ccc(-c2c(-c3c(Cl)cccc3Cl)c(Cl)nc3nccn23)cc1. The maximum atomic E-state index is 6.54. The van der Waals surface area contributed by atoms with Crippen molar-refractivity contribution in [3.63, 3.8) is 0 Å². The first-order valence-electron chi connectivity index (χ1n) is 7.60. The quantitative estimate of drug-likeness (QED) is 0.375. The van der Waals surface area contributed by atoms with Crippen molar-refractivity contribution in [3.8, 4) is 22.4 Å². The van der Waals surface area contributed by atoms with Crippen LogP contribution in [0.3, 0.4) is 0 Å². The van der Waals surface area contributed by atoms with Crippen molar-refractivity contribution < 1.29 is 0 Å². The van der Waals surface area contributed by atoms with E-state index in [4.69, 9.17) is 34.8 Å². The second-order valence-electron chi connectivity index (χ2n) is 5.69. The molecule has 3 nitrogen and oxygen atoms in total. The maximum Gasteiger partial charge on any atom is 0.235 e. The van der Waals surface area contributed by atoms with Crippen LogP contribution >= 0.6 is 34.8 Å². The molecule has 0 aliphatic carbocycles. The molecule has 0 amide bonds. The third-order valence-electron chi connectivity index (χ3n) is 4.04. The van der Waals surface area contributed by atoms with Crippen LogP contribution in [0.15, 0.2) is 54.9 Å². The van der Waals surface area contributed by atoms with Gasteiger partial charge in [-0.15, -0.1) is 0 Å². The Morgan fingerprint density at radius 3 is 2.24 bits per heavy atom. The van der Waals surface area contributed by atoms with E-state index in [0.29, 0.717) is 32.1 Å². The molecular weight excluding hydrogens is 377 g/mol. The van der Waals surface area contributed by atoms with Crippen LogP contribution in [-0.4, -0.2) is 14.4 Å². The summed E-state index contributed by atoms with van der Waals surface area (Å²) in [7, 11) is 0. The van der Waals surface area contributed by atoms with Crippen LogP contribution in [0.5, 0.6) is 0 Å². The molecule has 0 radical (unpaired) electrons. The summed E-state index contributed by atoms with van der Waals surface area (Å²) in [4.78, 5) is 8.66. The second kappa shape index (κ2) is 6.34. The van der Waals surface area contributed by atoms with Gasteiger partial charge in [0.15, 0.2) is 0 Å². The molecule has 2 heterocycles. The van der Waals surface area contributed by atoms with Gasteiger partial charge in [-0.3, -0.25) is 4.40 Å². The molecule has 0 unspecified atom stereocenters. The van der Waals surface area contributed by atoms with Crippen molar-refractivity contribution in [2.75, 3.05) is 0 Å². The molecule has 6 heteroatoms. The van der Waals surface area contributed by atoms with E-state index in [9.17, 15) is 0 Å². The molecule has 2 aromatic heterocycles. The number of hydrogen-bond donors (Lipinski definition) is 0. The second-order valence-corrected chi connectivity index (χ2v) is 6.86. The summed E-state index contributed by atoms with van der Waals surface area (Å²) in [5.41, 5.74) is 4.34. The Labute approximate surface area is 159 Å². The number of nitrogens with zero attached hydrogens (tertiary/aromatic N) is 3. The van der Waals surface area contributed by atoms with Gasteiger partial charge >= 0.3 is 0 Å². The number of hydrogen-bond acceptors (Lipinski definition) is 2. The van der Waals surface area contributed by atoms with Crippen molar-refractivity contribution in [2.45, 2.75) is 6.92 Å². The van der Waals surface area contributed by atoms with E-state index in [0.717, 1.165) is 11.3 Å². The maximum absolute atomic E-state index is 6.54. The number of fused-ring (bicyclic) bond motifs is 1. The monoisotopic (exact) mass is 387 g/mol. The zero-order chi connectivity index (χ0) is 17.6. The van der Waals surface area contributed by atoms with Crippen LogP contribution in [-0.2, 0) is 0 Å². The van der Waals surface area contributed by atoms with E-state index in [1.165, 1.54) is 5.56 Å². The minimum absolute atomic E-state index is 0.310. The number of imidazole rings is 1. The first kappa shape index (κ1) is 16.4. The van der Waals surface area contributed by atoms with Crippen LogP contribution in [0.2, 0.25) is 15.2 Å². The molecule has 0 saturated carbocycles. The lowest BCUT2D eigenvalue weighted by molar-refractivity contribution is 1.12. The van der Waals surface area contributed by atoms with Gasteiger partial charge in [-0.1, -0.05) is 70.7 Å².